The largest absolute Gasteiger partial charge is 0.394 e. The number of thiazole rings is 1. The lowest BCUT2D eigenvalue weighted by molar-refractivity contribution is 0.0833. The van der Waals surface area contributed by atoms with Crippen molar-refractivity contribution in [2.45, 2.75) is 5.54 Å². The Kier molecular flexibility index (Phi) is 4.09. The zero-order valence-electron chi connectivity index (χ0n) is 7.27. The highest BCUT2D eigenvalue weighted by Crippen LogP contribution is 2.22. The van der Waals surface area contributed by atoms with Crippen LogP contribution in [0.5, 0.6) is 0 Å². The second kappa shape index (κ2) is 4.90. The van der Waals surface area contributed by atoms with Crippen LogP contribution in [0.3, 0.4) is 0 Å². The molecule has 0 fully saturated rings. The highest BCUT2D eigenvalue weighted by Gasteiger charge is 2.28. The van der Waals surface area contributed by atoms with Crippen molar-refractivity contribution in [3.05, 3.63) is 10.5 Å². The number of halogens is 1. The van der Waals surface area contributed by atoms with E-state index in [1.165, 1.54) is 11.3 Å². The van der Waals surface area contributed by atoms with Gasteiger partial charge in [0.05, 0.1) is 19.8 Å². The van der Waals surface area contributed by atoms with Gasteiger partial charge in [-0.15, -0.1) is 11.3 Å². The van der Waals surface area contributed by atoms with E-state index < -0.39 is 25.4 Å². The minimum absolute atomic E-state index is 0.334. The first-order valence-electron chi connectivity index (χ1n) is 3.87. The van der Waals surface area contributed by atoms with Crippen LogP contribution in [0.2, 0.25) is 5.15 Å². The summed E-state index contributed by atoms with van der Waals surface area (Å²) in [5.74, 6) is 0. The Labute approximate surface area is 90.0 Å². The average Bonchev–Trinajstić information content (AvgIpc) is 2.61. The predicted molar refractivity (Wildman–Crippen MR) is 54.7 cm³/mol. The summed E-state index contributed by atoms with van der Waals surface area (Å²) in [6.45, 7) is -1.18. The van der Waals surface area contributed by atoms with Crippen molar-refractivity contribution in [3.63, 3.8) is 0 Å². The highest BCUT2D eigenvalue weighted by molar-refractivity contribution is 7.14. The molecule has 1 heterocycles. The van der Waals surface area contributed by atoms with Crippen molar-refractivity contribution < 1.29 is 15.3 Å². The lowest BCUT2D eigenvalue weighted by Gasteiger charge is -2.28. The topological polar surface area (TPSA) is 85.6 Å². The van der Waals surface area contributed by atoms with Gasteiger partial charge in [0.2, 0.25) is 0 Å². The van der Waals surface area contributed by atoms with Crippen molar-refractivity contribution in [1.29, 1.82) is 0 Å². The van der Waals surface area contributed by atoms with Crippen molar-refractivity contribution in [2.24, 2.45) is 0 Å². The van der Waals surface area contributed by atoms with Gasteiger partial charge in [-0.1, -0.05) is 11.6 Å². The molecule has 0 amide bonds. The summed E-state index contributed by atoms with van der Waals surface area (Å²) in [5.41, 5.74) is -1.15. The maximum Gasteiger partial charge on any atom is 0.184 e. The molecule has 0 unspecified atom stereocenters. The van der Waals surface area contributed by atoms with Crippen molar-refractivity contribution in [2.75, 3.05) is 25.1 Å². The third kappa shape index (κ3) is 2.55. The molecule has 1 aromatic rings. The molecule has 0 spiro atoms. The van der Waals surface area contributed by atoms with E-state index >= 15 is 0 Å². The quantitative estimate of drug-likeness (QED) is 0.577. The molecule has 0 aromatic carbocycles. The second-order valence-corrected chi connectivity index (χ2v) is 4.10. The summed E-state index contributed by atoms with van der Waals surface area (Å²) in [6.07, 6.45) is 0. The number of nitrogens with one attached hydrogen (secondary N) is 1. The van der Waals surface area contributed by atoms with E-state index in [9.17, 15) is 0 Å². The summed E-state index contributed by atoms with van der Waals surface area (Å²) < 4.78 is 0. The van der Waals surface area contributed by atoms with E-state index in [0.29, 0.717) is 10.3 Å². The zero-order valence-corrected chi connectivity index (χ0v) is 8.85. The first-order chi connectivity index (χ1) is 6.65. The van der Waals surface area contributed by atoms with E-state index in [0.717, 1.165) is 0 Å². The predicted octanol–water partition coefficient (Wildman–Crippen LogP) is -0.0759. The first kappa shape index (κ1) is 11.7. The normalized spacial score (nSPS) is 11.7. The van der Waals surface area contributed by atoms with Gasteiger partial charge < -0.3 is 20.6 Å². The maximum absolute atomic E-state index is 9.01. The molecule has 0 saturated carbocycles. The third-order valence-corrected chi connectivity index (χ3v) is 2.84. The van der Waals surface area contributed by atoms with Gasteiger partial charge in [-0.05, 0) is 0 Å². The zero-order chi connectivity index (χ0) is 10.6. The Hall–Kier alpha value is -0.400. The molecule has 80 valence electrons. The Balaban J connectivity index is 2.73. The molecule has 0 aliphatic heterocycles. The molecule has 14 heavy (non-hydrogen) atoms. The van der Waals surface area contributed by atoms with Gasteiger partial charge in [-0.3, -0.25) is 0 Å². The molecule has 0 saturated heterocycles. The van der Waals surface area contributed by atoms with Crippen LogP contribution in [-0.2, 0) is 0 Å². The summed E-state index contributed by atoms with van der Waals surface area (Å²) in [5, 5.41) is 32.1. The van der Waals surface area contributed by atoms with Crippen molar-refractivity contribution >= 4 is 28.1 Å². The fourth-order valence-electron chi connectivity index (χ4n) is 0.807. The van der Waals surface area contributed by atoms with Gasteiger partial charge >= 0.3 is 0 Å². The molecule has 0 bridgehead atoms. The van der Waals surface area contributed by atoms with Crippen LogP contribution in [0.15, 0.2) is 5.38 Å². The van der Waals surface area contributed by atoms with Crippen LogP contribution in [0.25, 0.3) is 0 Å². The standard InChI is InChI=1S/C7H11ClN2O3S/c8-5-1-14-6(9-5)10-7(2-11,3-12)4-13/h1,11-13H,2-4H2,(H,9,10). The van der Waals surface area contributed by atoms with E-state index in [-0.39, 0.29) is 0 Å². The van der Waals surface area contributed by atoms with E-state index in [2.05, 4.69) is 10.3 Å². The molecular formula is C7H11ClN2O3S. The van der Waals surface area contributed by atoms with Crippen LogP contribution in [0, 0.1) is 0 Å². The fraction of sp³-hybridized carbons (Fsp3) is 0.571. The number of nitrogens with zero attached hydrogens (tertiary/aromatic N) is 1. The Bertz CT molecular complexity index is 282. The Morgan fingerprint density at radius 3 is 2.29 bits per heavy atom. The molecule has 0 radical (unpaired) electrons. The van der Waals surface area contributed by atoms with Gasteiger partial charge in [-0.25, -0.2) is 4.98 Å². The molecule has 1 rings (SSSR count). The van der Waals surface area contributed by atoms with Gasteiger partial charge in [0, 0.05) is 5.38 Å². The SMILES string of the molecule is OCC(CO)(CO)Nc1nc(Cl)cs1. The molecule has 1 aromatic heterocycles. The van der Waals surface area contributed by atoms with Crippen LogP contribution in [-0.4, -0.2) is 45.7 Å². The average molecular weight is 239 g/mol. The number of hydrogen-bond donors (Lipinski definition) is 4. The molecule has 7 heteroatoms. The van der Waals surface area contributed by atoms with Gasteiger partial charge in [0.1, 0.15) is 10.7 Å². The summed E-state index contributed by atoms with van der Waals surface area (Å²) >= 11 is 6.83. The maximum atomic E-state index is 9.01. The van der Waals surface area contributed by atoms with Crippen LogP contribution >= 0.6 is 22.9 Å². The van der Waals surface area contributed by atoms with Crippen LogP contribution in [0.1, 0.15) is 0 Å². The van der Waals surface area contributed by atoms with Crippen molar-refractivity contribution in [3.8, 4) is 0 Å². The van der Waals surface area contributed by atoms with E-state index in [1.807, 2.05) is 0 Å². The van der Waals surface area contributed by atoms with Gasteiger partial charge in [0.25, 0.3) is 0 Å². The molecular weight excluding hydrogens is 228 g/mol. The Morgan fingerprint density at radius 1 is 1.36 bits per heavy atom. The summed E-state index contributed by atoms with van der Waals surface area (Å²) in [6, 6.07) is 0. The molecule has 4 N–H and O–H groups in total. The molecule has 0 atom stereocenters. The number of anilines is 1. The van der Waals surface area contributed by atoms with E-state index in [4.69, 9.17) is 26.9 Å². The fourth-order valence-corrected chi connectivity index (χ4v) is 1.76. The number of rotatable bonds is 5. The van der Waals surface area contributed by atoms with Crippen LogP contribution < -0.4 is 5.32 Å². The highest BCUT2D eigenvalue weighted by atomic mass is 35.5. The van der Waals surface area contributed by atoms with E-state index in [1.54, 1.807) is 5.38 Å². The minimum Gasteiger partial charge on any atom is -0.394 e. The first-order valence-corrected chi connectivity index (χ1v) is 5.13. The number of hydrogen-bond acceptors (Lipinski definition) is 6. The lowest BCUT2D eigenvalue weighted by atomic mass is 10.0. The van der Waals surface area contributed by atoms with Crippen molar-refractivity contribution in [1.82, 2.24) is 4.98 Å². The van der Waals surface area contributed by atoms with Crippen LogP contribution in [0.4, 0.5) is 5.13 Å². The number of aromatic nitrogens is 1. The molecule has 0 aliphatic rings. The lowest BCUT2D eigenvalue weighted by Crippen LogP contribution is -2.49. The van der Waals surface area contributed by atoms with Gasteiger partial charge in [-0.2, -0.15) is 0 Å². The minimum atomic E-state index is -1.15. The summed E-state index contributed by atoms with van der Waals surface area (Å²) in [4.78, 5) is 3.88. The Morgan fingerprint density at radius 2 is 1.93 bits per heavy atom. The molecule has 0 aliphatic carbocycles. The monoisotopic (exact) mass is 238 g/mol. The number of aliphatic hydroxyl groups is 3. The number of aliphatic hydroxyl groups excluding tert-OH is 3. The van der Waals surface area contributed by atoms with Gasteiger partial charge in [0.15, 0.2) is 5.13 Å². The third-order valence-electron chi connectivity index (χ3n) is 1.76. The second-order valence-electron chi connectivity index (χ2n) is 2.86. The smallest absolute Gasteiger partial charge is 0.184 e. The molecule has 5 nitrogen and oxygen atoms in total. The summed E-state index contributed by atoms with van der Waals surface area (Å²) in [7, 11) is 0.